The standard InChI is InChI=1S/C9H17N3O/c1-3-4-13-7-9(10)8-5-11-12(2)6-8/h5-6,9H,3-4,7,10H2,1-2H3. The molecule has 4 nitrogen and oxygen atoms in total. The summed E-state index contributed by atoms with van der Waals surface area (Å²) in [4.78, 5) is 0. The van der Waals surface area contributed by atoms with Gasteiger partial charge in [0.2, 0.25) is 0 Å². The Labute approximate surface area is 78.7 Å². The Hall–Kier alpha value is -0.870. The lowest BCUT2D eigenvalue weighted by Gasteiger charge is -2.08. The molecule has 0 aliphatic heterocycles. The Bertz CT molecular complexity index is 247. The van der Waals surface area contributed by atoms with Crippen molar-refractivity contribution in [3.63, 3.8) is 0 Å². The van der Waals surface area contributed by atoms with Crippen molar-refractivity contribution in [1.29, 1.82) is 0 Å². The average Bonchev–Trinajstić information content (AvgIpc) is 2.52. The van der Waals surface area contributed by atoms with Crippen molar-refractivity contribution in [3.05, 3.63) is 18.0 Å². The van der Waals surface area contributed by atoms with Crippen LogP contribution in [0.4, 0.5) is 0 Å². The number of aryl methyl sites for hydroxylation is 1. The third-order valence-electron chi connectivity index (χ3n) is 1.80. The Morgan fingerprint density at radius 2 is 2.46 bits per heavy atom. The lowest BCUT2D eigenvalue weighted by molar-refractivity contribution is 0.121. The zero-order valence-electron chi connectivity index (χ0n) is 8.23. The van der Waals surface area contributed by atoms with Gasteiger partial charge in [-0.15, -0.1) is 0 Å². The van der Waals surface area contributed by atoms with Crippen molar-refractivity contribution in [2.45, 2.75) is 19.4 Å². The highest BCUT2D eigenvalue weighted by atomic mass is 16.5. The van der Waals surface area contributed by atoms with E-state index >= 15 is 0 Å². The minimum Gasteiger partial charge on any atom is -0.379 e. The summed E-state index contributed by atoms with van der Waals surface area (Å²) in [5, 5.41) is 4.05. The Morgan fingerprint density at radius 1 is 1.69 bits per heavy atom. The van der Waals surface area contributed by atoms with Crippen molar-refractivity contribution in [2.75, 3.05) is 13.2 Å². The Morgan fingerprint density at radius 3 is 3.00 bits per heavy atom. The third kappa shape index (κ3) is 3.16. The molecule has 0 amide bonds. The summed E-state index contributed by atoms with van der Waals surface area (Å²) in [6.45, 7) is 3.42. The van der Waals surface area contributed by atoms with E-state index in [2.05, 4.69) is 12.0 Å². The predicted octanol–water partition coefficient (Wildman–Crippen LogP) is 0.846. The fourth-order valence-electron chi connectivity index (χ4n) is 1.08. The SMILES string of the molecule is CCCOCC(N)c1cnn(C)c1. The minimum atomic E-state index is -0.0553. The van der Waals surface area contributed by atoms with Gasteiger partial charge in [0.25, 0.3) is 0 Å². The average molecular weight is 183 g/mol. The maximum atomic E-state index is 5.87. The number of hydrogen-bond acceptors (Lipinski definition) is 3. The van der Waals surface area contributed by atoms with Crippen LogP contribution in [-0.2, 0) is 11.8 Å². The predicted molar refractivity (Wildman–Crippen MR) is 51.2 cm³/mol. The van der Waals surface area contributed by atoms with Crippen LogP contribution in [0.1, 0.15) is 24.9 Å². The molecule has 1 rings (SSSR count). The Balaban J connectivity index is 2.35. The quantitative estimate of drug-likeness (QED) is 0.688. The molecule has 0 aromatic carbocycles. The molecule has 1 heterocycles. The summed E-state index contributed by atoms with van der Waals surface area (Å²) < 4.78 is 7.09. The molecule has 1 unspecified atom stereocenters. The molecule has 1 aromatic heterocycles. The van der Waals surface area contributed by atoms with E-state index in [1.165, 1.54) is 0 Å². The second-order valence-electron chi connectivity index (χ2n) is 3.13. The van der Waals surface area contributed by atoms with E-state index < -0.39 is 0 Å². The fourth-order valence-corrected chi connectivity index (χ4v) is 1.08. The van der Waals surface area contributed by atoms with Crippen molar-refractivity contribution in [3.8, 4) is 0 Å². The topological polar surface area (TPSA) is 53.1 Å². The molecule has 0 aliphatic rings. The first-order chi connectivity index (χ1) is 6.24. The van der Waals surface area contributed by atoms with Gasteiger partial charge in [0.1, 0.15) is 0 Å². The molecule has 0 fully saturated rings. The van der Waals surface area contributed by atoms with Gasteiger partial charge in [-0.3, -0.25) is 4.68 Å². The normalized spacial score (nSPS) is 13.2. The van der Waals surface area contributed by atoms with E-state index in [0.717, 1.165) is 18.6 Å². The van der Waals surface area contributed by atoms with Gasteiger partial charge in [0.05, 0.1) is 18.8 Å². The van der Waals surface area contributed by atoms with Crippen molar-refractivity contribution < 1.29 is 4.74 Å². The van der Waals surface area contributed by atoms with Crippen LogP contribution in [-0.4, -0.2) is 23.0 Å². The van der Waals surface area contributed by atoms with Crippen LogP contribution in [0.3, 0.4) is 0 Å². The van der Waals surface area contributed by atoms with Gasteiger partial charge in [-0.05, 0) is 6.42 Å². The number of nitrogens with two attached hydrogens (primary N) is 1. The van der Waals surface area contributed by atoms with Gasteiger partial charge in [-0.25, -0.2) is 0 Å². The van der Waals surface area contributed by atoms with E-state index in [9.17, 15) is 0 Å². The van der Waals surface area contributed by atoms with Gasteiger partial charge in [0.15, 0.2) is 0 Å². The van der Waals surface area contributed by atoms with Gasteiger partial charge >= 0.3 is 0 Å². The lowest BCUT2D eigenvalue weighted by atomic mass is 10.2. The summed E-state index contributed by atoms with van der Waals surface area (Å²) in [6, 6.07) is -0.0553. The smallest absolute Gasteiger partial charge is 0.0660 e. The van der Waals surface area contributed by atoms with E-state index in [4.69, 9.17) is 10.5 Å². The number of hydrogen-bond donors (Lipinski definition) is 1. The largest absolute Gasteiger partial charge is 0.379 e. The van der Waals surface area contributed by atoms with E-state index in [-0.39, 0.29) is 6.04 Å². The van der Waals surface area contributed by atoms with Crippen LogP contribution in [0.5, 0.6) is 0 Å². The summed E-state index contributed by atoms with van der Waals surface area (Å²) in [6.07, 6.45) is 4.72. The number of aromatic nitrogens is 2. The van der Waals surface area contributed by atoms with E-state index in [1.807, 2.05) is 13.2 Å². The molecular formula is C9H17N3O. The molecule has 0 saturated carbocycles. The van der Waals surface area contributed by atoms with E-state index in [0.29, 0.717) is 6.61 Å². The summed E-state index contributed by atoms with van der Waals surface area (Å²) in [5.74, 6) is 0. The van der Waals surface area contributed by atoms with Crippen molar-refractivity contribution in [1.82, 2.24) is 9.78 Å². The maximum absolute atomic E-state index is 5.87. The lowest BCUT2D eigenvalue weighted by Crippen LogP contribution is -2.16. The molecule has 0 aliphatic carbocycles. The van der Waals surface area contributed by atoms with Gasteiger partial charge in [-0.1, -0.05) is 6.92 Å². The molecule has 4 heteroatoms. The minimum absolute atomic E-state index is 0.0553. The molecule has 0 radical (unpaired) electrons. The fraction of sp³-hybridized carbons (Fsp3) is 0.667. The van der Waals surface area contributed by atoms with E-state index in [1.54, 1.807) is 10.9 Å². The maximum Gasteiger partial charge on any atom is 0.0660 e. The van der Waals surface area contributed by atoms with Crippen LogP contribution in [0, 0.1) is 0 Å². The number of ether oxygens (including phenoxy) is 1. The highest BCUT2D eigenvalue weighted by Gasteiger charge is 2.07. The van der Waals surface area contributed by atoms with Crippen molar-refractivity contribution in [2.24, 2.45) is 12.8 Å². The summed E-state index contributed by atoms with van der Waals surface area (Å²) in [7, 11) is 1.88. The first-order valence-corrected chi connectivity index (χ1v) is 4.56. The summed E-state index contributed by atoms with van der Waals surface area (Å²) >= 11 is 0. The summed E-state index contributed by atoms with van der Waals surface area (Å²) in [5.41, 5.74) is 6.90. The molecule has 2 N–H and O–H groups in total. The van der Waals surface area contributed by atoms with Crippen LogP contribution < -0.4 is 5.73 Å². The number of rotatable bonds is 5. The first kappa shape index (κ1) is 10.2. The second kappa shape index (κ2) is 4.99. The molecular weight excluding hydrogens is 166 g/mol. The third-order valence-corrected chi connectivity index (χ3v) is 1.80. The van der Waals surface area contributed by atoms with Gasteiger partial charge < -0.3 is 10.5 Å². The van der Waals surface area contributed by atoms with Crippen LogP contribution in [0.2, 0.25) is 0 Å². The molecule has 0 bridgehead atoms. The van der Waals surface area contributed by atoms with Gasteiger partial charge in [0, 0.05) is 25.4 Å². The molecule has 0 saturated heterocycles. The molecule has 74 valence electrons. The number of nitrogens with zero attached hydrogens (tertiary/aromatic N) is 2. The zero-order chi connectivity index (χ0) is 9.68. The second-order valence-corrected chi connectivity index (χ2v) is 3.13. The van der Waals surface area contributed by atoms with Gasteiger partial charge in [-0.2, -0.15) is 5.10 Å². The molecule has 1 aromatic rings. The van der Waals surface area contributed by atoms with Crippen molar-refractivity contribution >= 4 is 0 Å². The highest BCUT2D eigenvalue weighted by molar-refractivity contribution is 5.09. The highest BCUT2D eigenvalue weighted by Crippen LogP contribution is 2.08. The molecule has 1 atom stereocenters. The monoisotopic (exact) mass is 183 g/mol. The van der Waals surface area contributed by atoms with Crippen LogP contribution >= 0.6 is 0 Å². The Kier molecular flexibility index (Phi) is 3.92. The van der Waals surface area contributed by atoms with Crippen LogP contribution in [0.25, 0.3) is 0 Å². The van der Waals surface area contributed by atoms with Crippen LogP contribution in [0.15, 0.2) is 12.4 Å². The first-order valence-electron chi connectivity index (χ1n) is 4.56. The molecule has 0 spiro atoms. The zero-order valence-corrected chi connectivity index (χ0v) is 8.23. The molecule has 13 heavy (non-hydrogen) atoms.